The number of hydrogen-bond acceptors (Lipinski definition) is 3. The SMILES string of the molecule is CCOC1CCN(CC(NC)c2cc(C)ccc2C)CC1. The third-order valence-corrected chi connectivity index (χ3v) is 4.54. The van der Waals surface area contributed by atoms with Gasteiger partial charge in [0.2, 0.25) is 0 Å². The highest BCUT2D eigenvalue weighted by Gasteiger charge is 2.22. The minimum absolute atomic E-state index is 0.411. The van der Waals surface area contributed by atoms with Crippen molar-refractivity contribution in [2.75, 3.05) is 33.3 Å². The Morgan fingerprint density at radius 2 is 2.00 bits per heavy atom. The summed E-state index contributed by atoms with van der Waals surface area (Å²) in [7, 11) is 2.07. The van der Waals surface area contributed by atoms with E-state index < -0.39 is 0 Å². The number of likely N-dealkylation sites (N-methyl/N-ethyl adjacent to an activating group) is 1. The Balaban J connectivity index is 1.95. The van der Waals surface area contributed by atoms with E-state index in [-0.39, 0.29) is 0 Å². The summed E-state index contributed by atoms with van der Waals surface area (Å²) in [4.78, 5) is 2.57. The summed E-state index contributed by atoms with van der Waals surface area (Å²) in [5.41, 5.74) is 4.15. The van der Waals surface area contributed by atoms with Gasteiger partial charge in [0, 0.05) is 32.3 Å². The zero-order valence-corrected chi connectivity index (χ0v) is 14.0. The van der Waals surface area contributed by atoms with Gasteiger partial charge in [-0.3, -0.25) is 0 Å². The Kier molecular flexibility index (Phi) is 6.22. The van der Waals surface area contributed by atoms with Crippen molar-refractivity contribution in [3.8, 4) is 0 Å². The fourth-order valence-corrected chi connectivity index (χ4v) is 3.23. The highest BCUT2D eigenvalue weighted by Crippen LogP contribution is 2.22. The standard InChI is InChI=1S/C18H30N2O/c1-5-21-16-8-10-20(11-9-16)13-18(19-4)17-12-14(2)6-7-15(17)3/h6-7,12,16,18-19H,5,8-11,13H2,1-4H3. The zero-order valence-electron chi connectivity index (χ0n) is 14.0. The van der Waals surface area contributed by atoms with Crippen LogP contribution >= 0.6 is 0 Å². The summed E-state index contributed by atoms with van der Waals surface area (Å²) in [6.07, 6.45) is 2.80. The number of aryl methyl sites for hydroxylation is 2. The van der Waals surface area contributed by atoms with Crippen molar-refractivity contribution in [2.45, 2.75) is 45.8 Å². The molecule has 1 aliphatic heterocycles. The van der Waals surface area contributed by atoms with Crippen LogP contribution in [0.5, 0.6) is 0 Å². The lowest BCUT2D eigenvalue weighted by atomic mass is 9.97. The van der Waals surface area contributed by atoms with E-state index in [0.717, 1.165) is 39.1 Å². The number of likely N-dealkylation sites (tertiary alicyclic amines) is 1. The van der Waals surface area contributed by atoms with Crippen LogP contribution in [0.15, 0.2) is 18.2 Å². The molecule has 3 heteroatoms. The van der Waals surface area contributed by atoms with Crippen molar-refractivity contribution < 1.29 is 4.74 Å². The Hall–Kier alpha value is -0.900. The summed E-state index contributed by atoms with van der Waals surface area (Å²) >= 11 is 0. The first-order chi connectivity index (χ1) is 10.1. The lowest BCUT2D eigenvalue weighted by Gasteiger charge is -2.34. The van der Waals surface area contributed by atoms with E-state index in [9.17, 15) is 0 Å². The first-order valence-electron chi connectivity index (χ1n) is 8.22. The van der Waals surface area contributed by atoms with Crippen LogP contribution in [0.4, 0.5) is 0 Å². The molecule has 0 radical (unpaired) electrons. The van der Waals surface area contributed by atoms with Crippen LogP contribution in [0.3, 0.4) is 0 Å². The second kappa shape index (κ2) is 7.92. The number of ether oxygens (including phenoxy) is 1. The van der Waals surface area contributed by atoms with Gasteiger partial charge >= 0.3 is 0 Å². The first kappa shape index (κ1) is 16.5. The molecule has 1 unspecified atom stereocenters. The topological polar surface area (TPSA) is 24.5 Å². The van der Waals surface area contributed by atoms with Crippen LogP contribution in [-0.4, -0.2) is 44.3 Å². The number of nitrogens with zero attached hydrogens (tertiary/aromatic N) is 1. The molecule has 1 atom stereocenters. The second-order valence-corrected chi connectivity index (χ2v) is 6.16. The molecule has 0 spiro atoms. The van der Waals surface area contributed by atoms with Gasteiger partial charge in [-0.05, 0) is 51.8 Å². The second-order valence-electron chi connectivity index (χ2n) is 6.16. The first-order valence-corrected chi connectivity index (χ1v) is 8.22. The van der Waals surface area contributed by atoms with Gasteiger partial charge in [-0.2, -0.15) is 0 Å². The van der Waals surface area contributed by atoms with Crippen molar-refractivity contribution in [2.24, 2.45) is 0 Å². The van der Waals surface area contributed by atoms with E-state index in [1.807, 2.05) is 0 Å². The van der Waals surface area contributed by atoms with E-state index >= 15 is 0 Å². The molecule has 1 aliphatic rings. The largest absolute Gasteiger partial charge is 0.378 e. The Morgan fingerprint density at radius 1 is 1.29 bits per heavy atom. The molecule has 2 rings (SSSR count). The van der Waals surface area contributed by atoms with Crippen molar-refractivity contribution in [3.63, 3.8) is 0 Å². The van der Waals surface area contributed by atoms with Gasteiger partial charge in [-0.1, -0.05) is 23.8 Å². The van der Waals surface area contributed by atoms with Gasteiger partial charge in [0.1, 0.15) is 0 Å². The molecule has 0 amide bonds. The highest BCUT2D eigenvalue weighted by molar-refractivity contribution is 5.33. The maximum absolute atomic E-state index is 5.74. The van der Waals surface area contributed by atoms with Gasteiger partial charge in [0.15, 0.2) is 0 Å². The molecular formula is C18H30N2O. The predicted molar refractivity (Wildman–Crippen MR) is 88.8 cm³/mol. The minimum atomic E-state index is 0.411. The smallest absolute Gasteiger partial charge is 0.0599 e. The average Bonchev–Trinajstić information content (AvgIpc) is 2.49. The maximum Gasteiger partial charge on any atom is 0.0599 e. The molecule has 0 aliphatic carbocycles. The molecule has 0 saturated carbocycles. The average molecular weight is 290 g/mol. The molecule has 1 aromatic carbocycles. The quantitative estimate of drug-likeness (QED) is 0.871. The zero-order chi connectivity index (χ0) is 15.2. The summed E-state index contributed by atoms with van der Waals surface area (Å²) in [6.45, 7) is 10.7. The summed E-state index contributed by atoms with van der Waals surface area (Å²) in [5.74, 6) is 0. The van der Waals surface area contributed by atoms with Crippen LogP contribution in [0.1, 0.15) is 42.5 Å². The number of rotatable bonds is 6. The van der Waals surface area contributed by atoms with Crippen molar-refractivity contribution in [1.82, 2.24) is 10.2 Å². The van der Waals surface area contributed by atoms with Crippen LogP contribution in [-0.2, 0) is 4.74 Å². The number of hydrogen-bond donors (Lipinski definition) is 1. The molecule has 0 aromatic heterocycles. The molecule has 1 heterocycles. The Labute approximate surface area is 129 Å². The Bertz CT molecular complexity index is 439. The number of nitrogens with one attached hydrogen (secondary N) is 1. The molecule has 21 heavy (non-hydrogen) atoms. The lowest BCUT2D eigenvalue weighted by molar-refractivity contribution is 0.0125. The molecule has 118 valence electrons. The van der Waals surface area contributed by atoms with E-state index in [2.05, 4.69) is 56.2 Å². The van der Waals surface area contributed by atoms with Crippen molar-refractivity contribution >= 4 is 0 Å². The molecule has 1 N–H and O–H groups in total. The summed E-state index contributed by atoms with van der Waals surface area (Å²) in [5, 5.41) is 3.50. The minimum Gasteiger partial charge on any atom is -0.378 e. The highest BCUT2D eigenvalue weighted by atomic mass is 16.5. The Morgan fingerprint density at radius 3 is 2.62 bits per heavy atom. The van der Waals surface area contributed by atoms with Gasteiger partial charge in [0.25, 0.3) is 0 Å². The maximum atomic E-state index is 5.74. The lowest BCUT2D eigenvalue weighted by Crippen LogP contribution is -2.41. The van der Waals surface area contributed by atoms with Crippen LogP contribution in [0.2, 0.25) is 0 Å². The van der Waals surface area contributed by atoms with Gasteiger partial charge < -0.3 is 15.0 Å². The molecule has 1 aromatic rings. The van der Waals surface area contributed by atoms with Crippen molar-refractivity contribution in [3.05, 3.63) is 34.9 Å². The summed E-state index contributed by atoms with van der Waals surface area (Å²) in [6, 6.07) is 7.16. The molecular weight excluding hydrogens is 260 g/mol. The van der Waals surface area contributed by atoms with Crippen molar-refractivity contribution in [1.29, 1.82) is 0 Å². The normalized spacial score (nSPS) is 18.9. The van der Waals surface area contributed by atoms with Gasteiger partial charge in [-0.25, -0.2) is 0 Å². The molecule has 1 fully saturated rings. The van der Waals surface area contributed by atoms with E-state index in [1.165, 1.54) is 16.7 Å². The molecule has 1 saturated heterocycles. The van der Waals surface area contributed by atoms with E-state index in [0.29, 0.717) is 12.1 Å². The van der Waals surface area contributed by atoms with Crippen LogP contribution < -0.4 is 5.32 Å². The van der Waals surface area contributed by atoms with E-state index in [4.69, 9.17) is 4.74 Å². The summed E-state index contributed by atoms with van der Waals surface area (Å²) < 4.78 is 5.74. The predicted octanol–water partition coefficient (Wildman–Crippen LogP) is 3.06. The number of benzene rings is 1. The fraction of sp³-hybridized carbons (Fsp3) is 0.667. The van der Waals surface area contributed by atoms with Crippen LogP contribution in [0, 0.1) is 13.8 Å². The number of piperidine rings is 1. The van der Waals surface area contributed by atoms with E-state index in [1.54, 1.807) is 0 Å². The molecule has 0 bridgehead atoms. The molecule has 3 nitrogen and oxygen atoms in total. The fourth-order valence-electron chi connectivity index (χ4n) is 3.23. The third-order valence-electron chi connectivity index (χ3n) is 4.54. The monoisotopic (exact) mass is 290 g/mol. The van der Waals surface area contributed by atoms with Gasteiger partial charge in [0.05, 0.1) is 6.10 Å². The van der Waals surface area contributed by atoms with Crippen LogP contribution in [0.25, 0.3) is 0 Å². The van der Waals surface area contributed by atoms with Gasteiger partial charge in [-0.15, -0.1) is 0 Å². The third kappa shape index (κ3) is 4.53.